The van der Waals surface area contributed by atoms with E-state index in [-0.39, 0.29) is 18.2 Å². The van der Waals surface area contributed by atoms with E-state index in [1.54, 1.807) is 25.4 Å². The number of para-hydroxylation sites is 1. The lowest BCUT2D eigenvalue weighted by Crippen LogP contribution is -2.59. The quantitative estimate of drug-likeness (QED) is 0.241. The highest BCUT2D eigenvalue weighted by Gasteiger charge is 2.46. The summed E-state index contributed by atoms with van der Waals surface area (Å²) in [5.74, 6) is 1.30. The minimum atomic E-state index is -1.08. The molecule has 4 aliphatic rings. The van der Waals surface area contributed by atoms with Crippen molar-refractivity contribution in [2.45, 2.75) is 56.8 Å². The molecule has 13 heteroatoms. The predicted molar refractivity (Wildman–Crippen MR) is 177 cm³/mol. The first-order chi connectivity index (χ1) is 23.3. The van der Waals surface area contributed by atoms with Gasteiger partial charge in [-0.15, -0.1) is 0 Å². The highest BCUT2D eigenvalue weighted by Crippen LogP contribution is 2.50. The number of fused-ring (bicyclic) bond motifs is 3. The third-order valence-corrected chi connectivity index (χ3v) is 10.1. The Morgan fingerprint density at radius 1 is 1.10 bits per heavy atom. The van der Waals surface area contributed by atoms with Crippen LogP contribution in [0.15, 0.2) is 48.7 Å². The van der Waals surface area contributed by atoms with Crippen LogP contribution in [-0.4, -0.2) is 90.7 Å². The second-order valence-electron chi connectivity index (χ2n) is 12.8. The Kier molecular flexibility index (Phi) is 8.06. The van der Waals surface area contributed by atoms with Crippen LogP contribution in [0.25, 0.3) is 11.0 Å². The number of carbonyl (C=O) groups is 1. The lowest BCUT2D eigenvalue weighted by Gasteiger charge is -2.44. The molecular formula is C35H38ClN5O7. The van der Waals surface area contributed by atoms with Gasteiger partial charge in [0.2, 0.25) is 0 Å². The van der Waals surface area contributed by atoms with Crippen LogP contribution in [0.4, 0.5) is 5.69 Å². The fourth-order valence-electron chi connectivity index (χ4n) is 7.46. The van der Waals surface area contributed by atoms with E-state index in [0.717, 1.165) is 49.6 Å². The van der Waals surface area contributed by atoms with Crippen molar-refractivity contribution in [2.24, 2.45) is 0 Å². The summed E-state index contributed by atoms with van der Waals surface area (Å²) in [6.45, 7) is 6.58. The summed E-state index contributed by atoms with van der Waals surface area (Å²) in [7, 11) is 2.98. The first kappa shape index (κ1) is 31.2. The Labute approximate surface area is 283 Å². The first-order valence-corrected chi connectivity index (χ1v) is 16.7. The number of benzene rings is 2. The Bertz CT molecular complexity index is 1850. The zero-order valence-corrected chi connectivity index (χ0v) is 27.9. The molecule has 12 nitrogen and oxygen atoms in total. The molecule has 252 valence electrons. The number of imidazole rings is 1. The molecule has 2 aromatic carbocycles. The van der Waals surface area contributed by atoms with Crippen molar-refractivity contribution in [3.8, 4) is 17.2 Å². The van der Waals surface area contributed by atoms with Crippen LogP contribution in [0, 0.1) is 0 Å². The van der Waals surface area contributed by atoms with Gasteiger partial charge in [0, 0.05) is 32.8 Å². The lowest BCUT2D eigenvalue weighted by molar-refractivity contribution is -0.0716. The molecule has 0 saturated carbocycles. The standard InChI is InChI=1S/C35H38ClN5O7/c1-35(30-10-9-22(36)16-37-30)47-28-8-4-7-24(33(28)48-35)40-12-11-39(26-19-45-20-27(26)40)18-31-38-32-25(41(31)17-23-6-5-13-46-23)14-21(34(42)44-3)15-29(32)43-2/h4,7-10,14-16,23,26-27H,5-6,11-13,17-20H2,1-3H3/t23-,26+,27-,35?/m0/s1. The molecule has 0 spiro atoms. The second kappa shape index (κ2) is 12.4. The molecule has 4 aliphatic heterocycles. The average molecular weight is 676 g/mol. The van der Waals surface area contributed by atoms with Crippen LogP contribution in [0.2, 0.25) is 5.02 Å². The van der Waals surface area contributed by atoms with Gasteiger partial charge in [-0.25, -0.2) is 9.78 Å². The average Bonchev–Trinajstić information content (AvgIpc) is 3.91. The normalized spacial score (nSPS) is 25.1. The Morgan fingerprint density at radius 2 is 1.98 bits per heavy atom. The molecule has 0 N–H and O–H groups in total. The van der Waals surface area contributed by atoms with Gasteiger partial charge in [0.15, 0.2) is 11.5 Å². The van der Waals surface area contributed by atoms with Gasteiger partial charge in [0.05, 0.1) is 80.5 Å². The number of nitrogens with zero attached hydrogens (tertiary/aromatic N) is 5. The number of rotatable bonds is 8. The molecule has 0 aliphatic carbocycles. The zero-order chi connectivity index (χ0) is 33.0. The Balaban J connectivity index is 1.09. The van der Waals surface area contributed by atoms with E-state index in [9.17, 15) is 4.79 Å². The Morgan fingerprint density at radius 3 is 2.75 bits per heavy atom. The van der Waals surface area contributed by atoms with Crippen molar-refractivity contribution >= 4 is 34.3 Å². The van der Waals surface area contributed by atoms with E-state index >= 15 is 0 Å². The number of halogens is 1. The van der Waals surface area contributed by atoms with Crippen molar-refractivity contribution in [2.75, 3.05) is 52.0 Å². The molecule has 0 bridgehead atoms. The topological polar surface area (TPSA) is 110 Å². The number of piperazine rings is 1. The van der Waals surface area contributed by atoms with Gasteiger partial charge in [-0.05, 0) is 49.2 Å². The number of aromatic nitrogens is 3. The van der Waals surface area contributed by atoms with Gasteiger partial charge >= 0.3 is 5.97 Å². The van der Waals surface area contributed by atoms with Crippen LogP contribution in [-0.2, 0) is 33.1 Å². The highest BCUT2D eigenvalue weighted by atomic mass is 35.5. The maximum Gasteiger partial charge on any atom is 0.338 e. The summed E-state index contributed by atoms with van der Waals surface area (Å²) in [6.07, 6.45) is 3.68. The third kappa shape index (κ3) is 5.40. The molecule has 3 saturated heterocycles. The second-order valence-corrected chi connectivity index (χ2v) is 13.2. The fourth-order valence-corrected chi connectivity index (χ4v) is 7.57. The van der Waals surface area contributed by atoms with Crippen LogP contribution >= 0.6 is 11.6 Å². The van der Waals surface area contributed by atoms with Crippen molar-refractivity contribution in [1.29, 1.82) is 0 Å². The van der Waals surface area contributed by atoms with Crippen molar-refractivity contribution < 1.29 is 33.2 Å². The SMILES string of the molecule is COC(=O)c1cc(OC)c2nc(CN3CCN(c4cccc5c4OC(C)(c4ccc(Cl)cn4)O5)[C@H]4COC[C@H]43)n(C[C@@H]3CCCO3)c2c1. The molecule has 1 unspecified atom stereocenters. The smallest absolute Gasteiger partial charge is 0.338 e. The van der Waals surface area contributed by atoms with Crippen LogP contribution in [0.5, 0.6) is 17.2 Å². The highest BCUT2D eigenvalue weighted by molar-refractivity contribution is 6.30. The molecule has 4 atom stereocenters. The monoisotopic (exact) mass is 675 g/mol. The number of hydrogen-bond acceptors (Lipinski definition) is 11. The van der Waals surface area contributed by atoms with Gasteiger partial charge in [0.1, 0.15) is 22.8 Å². The van der Waals surface area contributed by atoms with E-state index in [2.05, 4.69) is 25.4 Å². The van der Waals surface area contributed by atoms with Crippen LogP contribution in [0.1, 0.15) is 41.6 Å². The maximum absolute atomic E-state index is 12.6. The first-order valence-electron chi connectivity index (χ1n) is 16.3. The number of hydrogen-bond donors (Lipinski definition) is 0. The number of anilines is 1. The molecule has 48 heavy (non-hydrogen) atoms. The summed E-state index contributed by atoms with van der Waals surface area (Å²) in [6, 6.07) is 13.4. The molecular weight excluding hydrogens is 638 g/mol. The van der Waals surface area contributed by atoms with E-state index in [4.69, 9.17) is 45.0 Å². The predicted octanol–water partition coefficient (Wildman–Crippen LogP) is 4.79. The van der Waals surface area contributed by atoms with E-state index in [1.807, 2.05) is 31.2 Å². The minimum absolute atomic E-state index is 0.0736. The summed E-state index contributed by atoms with van der Waals surface area (Å²) in [5.41, 5.74) is 3.57. The van der Waals surface area contributed by atoms with Crippen molar-refractivity contribution in [1.82, 2.24) is 19.4 Å². The maximum atomic E-state index is 12.6. The lowest BCUT2D eigenvalue weighted by atomic mass is 10.0. The fraction of sp³-hybridized carbons (Fsp3) is 0.457. The van der Waals surface area contributed by atoms with Gasteiger partial charge in [-0.2, -0.15) is 0 Å². The molecule has 3 fully saturated rings. The molecule has 0 amide bonds. The van der Waals surface area contributed by atoms with Gasteiger partial charge in [-0.3, -0.25) is 9.88 Å². The largest absolute Gasteiger partial charge is 0.494 e. The van der Waals surface area contributed by atoms with E-state index in [0.29, 0.717) is 65.3 Å². The van der Waals surface area contributed by atoms with Crippen molar-refractivity contribution in [3.05, 3.63) is 70.8 Å². The van der Waals surface area contributed by atoms with Crippen LogP contribution in [0.3, 0.4) is 0 Å². The number of pyridine rings is 1. The molecule has 0 radical (unpaired) electrons. The summed E-state index contributed by atoms with van der Waals surface area (Å²) >= 11 is 6.10. The zero-order valence-electron chi connectivity index (χ0n) is 27.2. The summed E-state index contributed by atoms with van der Waals surface area (Å²) in [5, 5.41) is 0.552. The van der Waals surface area contributed by atoms with Gasteiger partial charge in [-0.1, -0.05) is 17.7 Å². The van der Waals surface area contributed by atoms with E-state index in [1.165, 1.54) is 7.11 Å². The van der Waals surface area contributed by atoms with Crippen LogP contribution < -0.4 is 19.1 Å². The van der Waals surface area contributed by atoms with Gasteiger partial charge in [0.25, 0.3) is 5.79 Å². The number of carbonyl (C=O) groups excluding carboxylic acids is 1. The summed E-state index contributed by atoms with van der Waals surface area (Å²) in [4.78, 5) is 27.0. The van der Waals surface area contributed by atoms with E-state index < -0.39 is 11.8 Å². The van der Waals surface area contributed by atoms with Gasteiger partial charge < -0.3 is 37.9 Å². The third-order valence-electron chi connectivity index (χ3n) is 9.87. The molecule has 4 aromatic rings. The minimum Gasteiger partial charge on any atom is -0.494 e. The molecule has 2 aromatic heterocycles. The number of ether oxygens (including phenoxy) is 6. The molecule has 8 rings (SSSR count). The number of esters is 1. The summed E-state index contributed by atoms with van der Waals surface area (Å²) < 4.78 is 38.1. The van der Waals surface area contributed by atoms with Crippen molar-refractivity contribution in [3.63, 3.8) is 0 Å². The molecule has 6 heterocycles. The Hall–Kier alpha value is -4.10. The number of methoxy groups -OCH3 is 2.